The van der Waals surface area contributed by atoms with E-state index in [0.717, 1.165) is 7.11 Å². The van der Waals surface area contributed by atoms with Gasteiger partial charge >= 0.3 is 0 Å². The fourth-order valence-electron chi connectivity index (χ4n) is 1.17. The standard InChI is InChI=1S/C8H7F2N3O3S/c1-16-7-4(2-11)5(17(12,14)15)3-13-6(7)8(9)10/h3,8H,1H3,(H2,12,14,15). The maximum Gasteiger partial charge on any atom is 0.284 e. The van der Waals surface area contributed by atoms with Crippen LogP contribution >= 0.6 is 0 Å². The smallest absolute Gasteiger partial charge is 0.284 e. The third-order valence-corrected chi connectivity index (χ3v) is 2.78. The lowest BCUT2D eigenvalue weighted by molar-refractivity contribution is 0.141. The highest BCUT2D eigenvalue weighted by Gasteiger charge is 2.25. The molecule has 0 amide bonds. The molecule has 0 aromatic carbocycles. The molecule has 1 heterocycles. The van der Waals surface area contributed by atoms with Crippen LogP contribution in [0.4, 0.5) is 8.78 Å². The van der Waals surface area contributed by atoms with Crippen LogP contribution in [0.5, 0.6) is 5.75 Å². The number of sulfonamides is 1. The molecular weight excluding hydrogens is 256 g/mol. The normalized spacial score (nSPS) is 11.3. The Balaban J connectivity index is 3.68. The summed E-state index contributed by atoms with van der Waals surface area (Å²) in [4.78, 5) is 2.59. The monoisotopic (exact) mass is 263 g/mol. The van der Waals surface area contributed by atoms with Crippen molar-refractivity contribution in [2.75, 3.05) is 7.11 Å². The lowest BCUT2D eigenvalue weighted by Gasteiger charge is -2.10. The number of nitrogens with two attached hydrogens (primary N) is 1. The van der Waals surface area contributed by atoms with Gasteiger partial charge in [0, 0.05) is 6.20 Å². The summed E-state index contributed by atoms with van der Waals surface area (Å²) in [6.07, 6.45) is -2.38. The first-order valence-corrected chi connectivity index (χ1v) is 5.65. The summed E-state index contributed by atoms with van der Waals surface area (Å²) in [5.41, 5.74) is -1.39. The van der Waals surface area contributed by atoms with E-state index in [0.29, 0.717) is 6.20 Å². The lowest BCUT2D eigenvalue weighted by atomic mass is 10.2. The molecule has 1 rings (SSSR count). The Morgan fingerprint density at radius 3 is 2.53 bits per heavy atom. The van der Waals surface area contributed by atoms with E-state index in [1.807, 2.05) is 0 Å². The molecule has 0 aliphatic rings. The molecule has 1 aromatic heterocycles. The highest BCUT2D eigenvalue weighted by Crippen LogP contribution is 2.32. The predicted molar refractivity (Wildman–Crippen MR) is 51.8 cm³/mol. The third kappa shape index (κ3) is 2.48. The van der Waals surface area contributed by atoms with E-state index in [9.17, 15) is 17.2 Å². The maximum absolute atomic E-state index is 12.5. The van der Waals surface area contributed by atoms with Gasteiger partial charge in [-0.2, -0.15) is 5.26 Å². The van der Waals surface area contributed by atoms with Gasteiger partial charge in [-0.1, -0.05) is 0 Å². The van der Waals surface area contributed by atoms with Crippen LogP contribution in [0.25, 0.3) is 0 Å². The molecule has 2 N–H and O–H groups in total. The Morgan fingerprint density at radius 1 is 1.59 bits per heavy atom. The average Bonchev–Trinajstić information content (AvgIpc) is 2.25. The van der Waals surface area contributed by atoms with Gasteiger partial charge in [0.15, 0.2) is 5.75 Å². The minimum Gasteiger partial charge on any atom is -0.493 e. The lowest BCUT2D eigenvalue weighted by Crippen LogP contribution is -2.16. The van der Waals surface area contributed by atoms with Crippen LogP contribution in [-0.4, -0.2) is 20.5 Å². The van der Waals surface area contributed by atoms with Crippen molar-refractivity contribution < 1.29 is 21.9 Å². The number of rotatable bonds is 3. The van der Waals surface area contributed by atoms with Gasteiger partial charge in [-0.3, -0.25) is 0 Å². The first-order valence-electron chi connectivity index (χ1n) is 4.10. The van der Waals surface area contributed by atoms with E-state index in [-0.39, 0.29) is 0 Å². The van der Waals surface area contributed by atoms with Crippen LogP contribution in [0.1, 0.15) is 17.7 Å². The van der Waals surface area contributed by atoms with Crippen molar-refractivity contribution in [1.29, 1.82) is 5.26 Å². The summed E-state index contributed by atoms with van der Waals surface area (Å²) in [5, 5.41) is 13.6. The molecule has 0 aliphatic carbocycles. The molecule has 0 fully saturated rings. The Kier molecular flexibility index (Phi) is 3.59. The van der Waals surface area contributed by atoms with Crippen molar-refractivity contribution in [2.24, 2.45) is 5.14 Å². The van der Waals surface area contributed by atoms with Crippen molar-refractivity contribution in [3.63, 3.8) is 0 Å². The van der Waals surface area contributed by atoms with Crippen molar-refractivity contribution >= 4 is 10.0 Å². The van der Waals surface area contributed by atoms with Gasteiger partial charge in [0.05, 0.1) is 7.11 Å². The fraction of sp³-hybridized carbons (Fsp3) is 0.250. The highest BCUT2D eigenvalue weighted by molar-refractivity contribution is 7.89. The Hall–Kier alpha value is -1.79. The molecule has 0 spiro atoms. The van der Waals surface area contributed by atoms with Crippen LogP contribution in [0.15, 0.2) is 11.1 Å². The number of pyridine rings is 1. The van der Waals surface area contributed by atoms with Gasteiger partial charge in [0.1, 0.15) is 22.2 Å². The largest absolute Gasteiger partial charge is 0.493 e. The van der Waals surface area contributed by atoms with Gasteiger partial charge in [-0.15, -0.1) is 0 Å². The van der Waals surface area contributed by atoms with E-state index in [2.05, 4.69) is 9.72 Å². The topological polar surface area (TPSA) is 106 Å². The number of nitrogens with zero attached hydrogens (tertiary/aromatic N) is 2. The Morgan fingerprint density at radius 2 is 2.18 bits per heavy atom. The number of halogens is 2. The number of hydrogen-bond acceptors (Lipinski definition) is 5. The summed E-state index contributed by atoms with van der Waals surface area (Å²) in [7, 11) is -3.21. The molecule has 0 aliphatic heterocycles. The zero-order valence-electron chi connectivity index (χ0n) is 8.52. The summed E-state index contributed by atoms with van der Waals surface area (Å²) in [5.74, 6) is -0.589. The number of aromatic nitrogens is 1. The molecule has 0 saturated carbocycles. The van der Waals surface area contributed by atoms with Gasteiger partial charge < -0.3 is 4.74 Å². The molecule has 0 saturated heterocycles. The first kappa shape index (κ1) is 13.3. The first-order chi connectivity index (χ1) is 7.82. The van der Waals surface area contributed by atoms with Crippen LogP contribution in [0.3, 0.4) is 0 Å². The summed E-state index contributed by atoms with van der Waals surface area (Å²) < 4.78 is 51.8. The molecule has 6 nitrogen and oxygen atoms in total. The van der Waals surface area contributed by atoms with Crippen molar-refractivity contribution in [3.05, 3.63) is 17.5 Å². The fourth-order valence-corrected chi connectivity index (χ4v) is 1.80. The van der Waals surface area contributed by atoms with E-state index < -0.39 is 38.4 Å². The maximum atomic E-state index is 12.5. The quantitative estimate of drug-likeness (QED) is 0.856. The Bertz CT molecular complexity index is 580. The molecule has 9 heteroatoms. The van der Waals surface area contributed by atoms with E-state index >= 15 is 0 Å². The minimum atomic E-state index is -4.23. The third-order valence-electron chi connectivity index (χ3n) is 1.86. The highest BCUT2D eigenvalue weighted by atomic mass is 32.2. The SMILES string of the molecule is COc1c(C(F)F)ncc(S(N)(=O)=O)c1C#N. The summed E-state index contributed by atoms with van der Waals surface area (Å²) in [6.45, 7) is 0. The van der Waals surface area contributed by atoms with E-state index in [4.69, 9.17) is 10.4 Å². The predicted octanol–water partition coefficient (Wildman–Crippen LogP) is 0.547. The number of methoxy groups -OCH3 is 1. The number of alkyl halides is 2. The summed E-state index contributed by atoms with van der Waals surface area (Å²) in [6, 6.07) is 1.46. The van der Waals surface area contributed by atoms with Gasteiger partial charge in [0.2, 0.25) is 10.0 Å². The molecule has 0 radical (unpaired) electrons. The number of ether oxygens (including phenoxy) is 1. The van der Waals surface area contributed by atoms with E-state index in [1.165, 1.54) is 6.07 Å². The van der Waals surface area contributed by atoms with Crippen LogP contribution in [0.2, 0.25) is 0 Å². The second-order valence-electron chi connectivity index (χ2n) is 2.87. The molecule has 0 atom stereocenters. The van der Waals surface area contributed by atoms with E-state index in [1.54, 1.807) is 0 Å². The summed E-state index contributed by atoms with van der Waals surface area (Å²) >= 11 is 0. The molecule has 0 unspecified atom stereocenters. The number of hydrogen-bond donors (Lipinski definition) is 1. The molecular formula is C8H7F2N3O3S. The van der Waals surface area contributed by atoms with Gasteiger partial charge in [0.25, 0.3) is 6.43 Å². The van der Waals surface area contributed by atoms with Crippen LogP contribution in [0, 0.1) is 11.3 Å². The van der Waals surface area contributed by atoms with Crippen molar-refractivity contribution in [1.82, 2.24) is 4.98 Å². The second kappa shape index (κ2) is 4.60. The second-order valence-corrected chi connectivity index (χ2v) is 4.40. The zero-order valence-corrected chi connectivity index (χ0v) is 9.33. The van der Waals surface area contributed by atoms with Crippen molar-refractivity contribution in [2.45, 2.75) is 11.3 Å². The minimum absolute atomic E-state index is 0.583. The molecule has 17 heavy (non-hydrogen) atoms. The van der Waals surface area contributed by atoms with Gasteiger partial charge in [-0.05, 0) is 0 Å². The van der Waals surface area contributed by atoms with Crippen LogP contribution in [-0.2, 0) is 10.0 Å². The molecule has 0 bridgehead atoms. The number of nitriles is 1. The zero-order chi connectivity index (χ0) is 13.2. The molecule has 92 valence electrons. The Labute approximate surface area is 95.7 Å². The number of primary sulfonamides is 1. The average molecular weight is 263 g/mol. The van der Waals surface area contributed by atoms with Crippen LogP contribution < -0.4 is 9.88 Å². The van der Waals surface area contributed by atoms with Crippen molar-refractivity contribution in [3.8, 4) is 11.8 Å². The molecule has 1 aromatic rings. The van der Waals surface area contributed by atoms with Gasteiger partial charge in [-0.25, -0.2) is 27.3 Å².